The van der Waals surface area contributed by atoms with E-state index < -0.39 is 5.54 Å². The Morgan fingerprint density at radius 1 is 0.776 bits per heavy atom. The molecule has 0 spiro atoms. The van der Waals surface area contributed by atoms with Crippen LogP contribution < -0.4 is 5.32 Å². The van der Waals surface area contributed by atoms with Crippen LogP contribution >= 0.6 is 0 Å². The van der Waals surface area contributed by atoms with Gasteiger partial charge in [-0.1, -0.05) is 110 Å². The minimum atomic E-state index is -0.630. The summed E-state index contributed by atoms with van der Waals surface area (Å²) in [4.78, 5) is 41.6. The molecule has 3 rings (SSSR count). The molecule has 1 N–H and O–H groups in total. The third-order valence-corrected chi connectivity index (χ3v) is 10.6. The van der Waals surface area contributed by atoms with Crippen molar-refractivity contribution in [3.8, 4) is 0 Å². The zero-order chi connectivity index (χ0) is 35.0. The summed E-state index contributed by atoms with van der Waals surface area (Å²) in [5.74, 6) is -0.275. The number of amides is 2. The molecule has 0 aliphatic carbocycles. The molecule has 2 saturated heterocycles. The smallest absolute Gasteiger partial charge is 0.311 e. The van der Waals surface area contributed by atoms with E-state index in [9.17, 15) is 18.8 Å². The first-order valence-corrected chi connectivity index (χ1v) is 19.9. The van der Waals surface area contributed by atoms with Crippen LogP contribution in [-0.2, 0) is 19.1 Å². The number of nitrogens with zero attached hydrogens (tertiary/aromatic N) is 2. The molecule has 1 aromatic carbocycles. The van der Waals surface area contributed by atoms with Crippen LogP contribution in [0.2, 0.25) is 0 Å². The summed E-state index contributed by atoms with van der Waals surface area (Å²) >= 11 is 0. The molecule has 2 fully saturated rings. The summed E-state index contributed by atoms with van der Waals surface area (Å²) in [6.07, 6.45) is 28.8. The quantitative estimate of drug-likeness (QED) is 0.0479. The minimum absolute atomic E-state index is 0.182. The first-order valence-electron chi connectivity index (χ1n) is 19.9. The fourth-order valence-electron chi connectivity index (χ4n) is 7.55. The highest BCUT2D eigenvalue weighted by Crippen LogP contribution is 2.32. The lowest BCUT2D eigenvalue weighted by molar-refractivity contribution is -0.140. The maximum absolute atomic E-state index is 13.7. The van der Waals surface area contributed by atoms with Crippen LogP contribution in [-0.4, -0.2) is 66.3 Å². The van der Waals surface area contributed by atoms with Crippen molar-refractivity contribution >= 4 is 24.0 Å². The van der Waals surface area contributed by atoms with Gasteiger partial charge in [0.15, 0.2) is 0 Å². The van der Waals surface area contributed by atoms with Gasteiger partial charge in [-0.3, -0.25) is 24.6 Å². The molecular formula is C41H66FN3O4. The molecule has 7 nitrogen and oxygen atoms in total. The number of rotatable bonds is 25. The molecule has 0 unspecified atom stereocenters. The zero-order valence-corrected chi connectivity index (χ0v) is 30.7. The molecule has 276 valence electrons. The number of carbonyl (C=O) groups is 3. The molecule has 49 heavy (non-hydrogen) atoms. The first-order chi connectivity index (χ1) is 24.0. The van der Waals surface area contributed by atoms with E-state index in [0.29, 0.717) is 43.4 Å². The predicted octanol–water partition coefficient (Wildman–Crippen LogP) is 9.34. The van der Waals surface area contributed by atoms with Gasteiger partial charge in [0.1, 0.15) is 17.1 Å². The van der Waals surface area contributed by atoms with E-state index in [1.54, 1.807) is 12.1 Å². The second-order valence-corrected chi connectivity index (χ2v) is 14.4. The molecule has 8 heteroatoms. The molecule has 2 amide bonds. The van der Waals surface area contributed by atoms with Crippen LogP contribution in [0.15, 0.2) is 30.3 Å². The average Bonchev–Trinajstić information content (AvgIpc) is 3.12. The van der Waals surface area contributed by atoms with E-state index in [-0.39, 0.29) is 17.7 Å². The second-order valence-electron chi connectivity index (χ2n) is 14.4. The standard InChI is InChI=1S/C41H66FN3O4/c1-2-3-4-5-6-7-8-9-10-11-12-13-14-15-16-18-23-39(47)49-38(36-24-26-37(42)27-25-36)22-21-30-44-33-28-41(29-34-44,40(48)43-35-46)45-31-19-17-20-32-45/h22,24-27,35H,2-21,23,28-34H2,1H3,(H,43,46,48)/b38-22-. The van der Waals surface area contributed by atoms with Crippen molar-refractivity contribution in [2.24, 2.45) is 0 Å². The first kappa shape index (κ1) is 40.8. The third-order valence-electron chi connectivity index (χ3n) is 10.6. The van der Waals surface area contributed by atoms with Gasteiger partial charge in [-0.25, -0.2) is 4.39 Å². The zero-order valence-electron chi connectivity index (χ0n) is 30.7. The number of ether oxygens (including phenoxy) is 1. The number of hydrogen-bond acceptors (Lipinski definition) is 6. The van der Waals surface area contributed by atoms with Crippen LogP contribution in [0, 0.1) is 5.82 Å². The van der Waals surface area contributed by atoms with Crippen molar-refractivity contribution in [1.82, 2.24) is 15.1 Å². The highest BCUT2D eigenvalue weighted by Gasteiger charge is 2.46. The van der Waals surface area contributed by atoms with E-state index >= 15 is 0 Å². The van der Waals surface area contributed by atoms with Crippen LogP contribution in [0.3, 0.4) is 0 Å². The van der Waals surface area contributed by atoms with E-state index in [1.165, 1.54) is 102 Å². The van der Waals surface area contributed by atoms with Gasteiger partial charge < -0.3 is 9.64 Å². The van der Waals surface area contributed by atoms with Crippen LogP contribution in [0.1, 0.15) is 160 Å². The largest absolute Gasteiger partial charge is 0.426 e. The lowest BCUT2D eigenvalue weighted by Crippen LogP contribution is -2.64. The number of hydrogen-bond donors (Lipinski definition) is 1. The fourth-order valence-corrected chi connectivity index (χ4v) is 7.55. The summed E-state index contributed by atoms with van der Waals surface area (Å²) in [6.45, 7) is 6.31. The number of benzene rings is 1. The van der Waals surface area contributed by atoms with Crippen LogP contribution in [0.25, 0.3) is 5.76 Å². The van der Waals surface area contributed by atoms with Crippen molar-refractivity contribution < 1.29 is 23.5 Å². The van der Waals surface area contributed by atoms with Gasteiger partial charge in [0.05, 0.1) is 0 Å². The predicted molar refractivity (Wildman–Crippen MR) is 197 cm³/mol. The molecule has 0 aromatic heterocycles. The Kier molecular flexibility index (Phi) is 20.5. The molecule has 0 bridgehead atoms. The number of carbonyl (C=O) groups excluding carboxylic acids is 3. The summed E-state index contributed by atoms with van der Waals surface area (Å²) in [7, 11) is 0. The molecule has 0 radical (unpaired) electrons. The molecular weight excluding hydrogens is 617 g/mol. The second kappa shape index (κ2) is 24.5. The van der Waals surface area contributed by atoms with E-state index in [4.69, 9.17) is 4.74 Å². The SMILES string of the molecule is CCCCCCCCCCCCCCCCCCC(=O)O/C(=C\CCN1CCC(C(=O)NC=O)(N2CCCCC2)CC1)c1ccc(F)cc1. The summed E-state index contributed by atoms with van der Waals surface area (Å²) in [6, 6.07) is 6.09. The number of halogens is 1. The maximum Gasteiger partial charge on any atom is 0.311 e. The van der Waals surface area contributed by atoms with Crippen molar-refractivity contribution in [1.29, 1.82) is 0 Å². The van der Waals surface area contributed by atoms with Gasteiger partial charge in [-0.05, 0) is 82.0 Å². The molecule has 2 aliphatic rings. The molecule has 2 heterocycles. The summed E-state index contributed by atoms with van der Waals surface area (Å²) in [5, 5.41) is 2.45. The van der Waals surface area contributed by atoms with Crippen molar-refractivity contribution in [3.05, 3.63) is 41.7 Å². The Hall–Kier alpha value is -2.58. The van der Waals surface area contributed by atoms with Gasteiger partial charge in [-0.15, -0.1) is 0 Å². The highest BCUT2D eigenvalue weighted by atomic mass is 19.1. The lowest BCUT2D eigenvalue weighted by Gasteiger charge is -2.48. The number of piperidine rings is 2. The number of nitrogens with one attached hydrogen (secondary N) is 1. The van der Waals surface area contributed by atoms with Crippen molar-refractivity contribution in [3.63, 3.8) is 0 Å². The van der Waals surface area contributed by atoms with E-state index in [1.807, 2.05) is 6.08 Å². The molecule has 2 aliphatic heterocycles. The highest BCUT2D eigenvalue weighted by molar-refractivity contribution is 5.93. The average molecular weight is 684 g/mol. The minimum Gasteiger partial charge on any atom is -0.426 e. The van der Waals surface area contributed by atoms with Crippen molar-refractivity contribution in [2.75, 3.05) is 32.7 Å². The summed E-state index contributed by atoms with van der Waals surface area (Å²) < 4.78 is 19.5. The third kappa shape index (κ3) is 15.5. The van der Waals surface area contributed by atoms with Crippen LogP contribution in [0.5, 0.6) is 0 Å². The Bertz CT molecular complexity index is 1090. The molecule has 0 saturated carbocycles. The normalized spacial score (nSPS) is 17.1. The summed E-state index contributed by atoms with van der Waals surface area (Å²) in [5.41, 5.74) is 0.0600. The van der Waals surface area contributed by atoms with Gasteiger partial charge >= 0.3 is 5.97 Å². The molecule has 0 atom stereocenters. The van der Waals surface area contributed by atoms with Gasteiger partial charge in [-0.2, -0.15) is 0 Å². The monoisotopic (exact) mass is 684 g/mol. The fraction of sp³-hybridized carbons (Fsp3) is 0.732. The van der Waals surface area contributed by atoms with Gasteiger partial charge in [0, 0.05) is 31.6 Å². The number of unbranched alkanes of at least 4 members (excludes halogenated alkanes) is 15. The van der Waals surface area contributed by atoms with Gasteiger partial charge in [0.25, 0.3) is 0 Å². The molecule has 1 aromatic rings. The Labute approximate surface area is 296 Å². The van der Waals surface area contributed by atoms with Crippen molar-refractivity contribution in [2.45, 2.75) is 160 Å². The van der Waals surface area contributed by atoms with E-state index in [0.717, 1.165) is 64.8 Å². The lowest BCUT2D eigenvalue weighted by atomic mass is 9.83. The van der Waals surface area contributed by atoms with E-state index in [2.05, 4.69) is 22.0 Å². The number of esters is 1. The Balaban J connectivity index is 1.34. The maximum atomic E-state index is 13.7. The number of likely N-dealkylation sites (tertiary alicyclic amines) is 2. The number of imide groups is 1. The van der Waals surface area contributed by atoms with Crippen LogP contribution in [0.4, 0.5) is 4.39 Å². The Morgan fingerprint density at radius 2 is 1.31 bits per heavy atom. The Morgan fingerprint density at radius 3 is 1.84 bits per heavy atom. The van der Waals surface area contributed by atoms with Gasteiger partial charge in [0.2, 0.25) is 12.3 Å². The topological polar surface area (TPSA) is 79.0 Å².